The fourth-order valence-electron chi connectivity index (χ4n) is 2.98. The molecule has 2 aromatic rings. The van der Waals surface area contributed by atoms with E-state index in [0.29, 0.717) is 18.0 Å². The summed E-state index contributed by atoms with van der Waals surface area (Å²) in [7, 11) is 0. The van der Waals surface area contributed by atoms with Gasteiger partial charge < -0.3 is 15.6 Å². The van der Waals surface area contributed by atoms with Gasteiger partial charge in [0, 0.05) is 29.7 Å². The molecule has 1 heterocycles. The maximum atomic E-state index is 13.1. The first-order valence-corrected chi connectivity index (χ1v) is 7.96. The molecule has 1 aromatic heterocycles. The third-order valence-corrected chi connectivity index (χ3v) is 4.49. The van der Waals surface area contributed by atoms with Crippen LogP contribution in [-0.4, -0.2) is 23.1 Å². The Morgan fingerprint density at radius 3 is 2.54 bits per heavy atom. The largest absolute Gasteiger partial charge is 0.350 e. The first-order chi connectivity index (χ1) is 11.0. The first kappa shape index (κ1) is 18.5. The molecule has 0 aliphatic heterocycles. The molecule has 1 aromatic carbocycles. The Kier molecular flexibility index (Phi) is 5.67. The van der Waals surface area contributed by atoms with E-state index in [4.69, 9.17) is 5.73 Å². The minimum Gasteiger partial charge on any atom is -0.350 e. The summed E-state index contributed by atoms with van der Waals surface area (Å²) in [5.74, 6) is 0.174. The van der Waals surface area contributed by atoms with E-state index in [1.165, 1.54) is 12.1 Å². The lowest BCUT2D eigenvalue weighted by Gasteiger charge is -2.12. The van der Waals surface area contributed by atoms with Gasteiger partial charge in [-0.1, -0.05) is 0 Å². The first-order valence-electron chi connectivity index (χ1n) is 7.96. The zero-order valence-electron chi connectivity index (χ0n) is 13.9. The average molecular weight is 352 g/mol. The Morgan fingerprint density at radius 2 is 1.96 bits per heavy atom. The maximum absolute atomic E-state index is 13.1. The highest BCUT2D eigenvalue weighted by Crippen LogP contribution is 2.31. The molecule has 4 nitrogen and oxygen atoms in total. The number of amides is 1. The summed E-state index contributed by atoms with van der Waals surface area (Å²) >= 11 is 0. The molecule has 1 aliphatic carbocycles. The number of nitrogens with two attached hydrogens (primary N) is 1. The van der Waals surface area contributed by atoms with Gasteiger partial charge in [0.1, 0.15) is 5.82 Å². The van der Waals surface area contributed by atoms with E-state index >= 15 is 0 Å². The molecule has 0 radical (unpaired) electrons. The maximum Gasteiger partial charge on any atom is 0.253 e. The van der Waals surface area contributed by atoms with Gasteiger partial charge in [0.05, 0.1) is 5.56 Å². The molecule has 3 rings (SSSR count). The van der Waals surface area contributed by atoms with Gasteiger partial charge in [-0.3, -0.25) is 4.79 Å². The van der Waals surface area contributed by atoms with Crippen molar-refractivity contribution in [2.45, 2.75) is 32.7 Å². The van der Waals surface area contributed by atoms with Crippen molar-refractivity contribution in [3.63, 3.8) is 0 Å². The third kappa shape index (κ3) is 3.79. The molecule has 3 N–H and O–H groups in total. The second kappa shape index (κ2) is 7.36. The second-order valence-corrected chi connectivity index (χ2v) is 6.31. The predicted molar refractivity (Wildman–Crippen MR) is 95.5 cm³/mol. The van der Waals surface area contributed by atoms with Gasteiger partial charge in [-0.15, -0.1) is 12.4 Å². The number of hydrogen-bond acceptors (Lipinski definition) is 2. The summed E-state index contributed by atoms with van der Waals surface area (Å²) in [6.45, 7) is 4.33. The quantitative estimate of drug-likeness (QED) is 0.869. The predicted octanol–water partition coefficient (Wildman–Crippen LogP) is 3.12. The molecule has 1 aliphatic rings. The van der Waals surface area contributed by atoms with Crippen LogP contribution in [0.1, 0.15) is 34.6 Å². The van der Waals surface area contributed by atoms with Crippen molar-refractivity contribution in [1.82, 2.24) is 9.88 Å². The molecule has 0 saturated heterocycles. The van der Waals surface area contributed by atoms with Crippen LogP contribution in [0.3, 0.4) is 0 Å². The Bertz CT molecular complexity index is 723. The molecule has 1 saturated carbocycles. The SMILES string of the molecule is Cc1cc(C(=O)NCC(N)C2CC2)c(C)n1-c1ccc(F)cc1.Cl. The topological polar surface area (TPSA) is 60.1 Å². The molecule has 130 valence electrons. The Labute approximate surface area is 147 Å². The van der Waals surface area contributed by atoms with Crippen LogP contribution < -0.4 is 11.1 Å². The molecule has 1 atom stereocenters. The van der Waals surface area contributed by atoms with Crippen LogP contribution in [-0.2, 0) is 0 Å². The van der Waals surface area contributed by atoms with Crippen LogP contribution in [0.25, 0.3) is 5.69 Å². The Morgan fingerprint density at radius 1 is 1.33 bits per heavy atom. The second-order valence-electron chi connectivity index (χ2n) is 6.31. The smallest absolute Gasteiger partial charge is 0.253 e. The van der Waals surface area contributed by atoms with E-state index in [9.17, 15) is 9.18 Å². The van der Waals surface area contributed by atoms with E-state index < -0.39 is 0 Å². The van der Waals surface area contributed by atoms with Gasteiger partial charge in [0.15, 0.2) is 0 Å². The lowest BCUT2D eigenvalue weighted by Crippen LogP contribution is -2.38. The number of carbonyl (C=O) groups is 1. The summed E-state index contributed by atoms with van der Waals surface area (Å²) in [4.78, 5) is 12.4. The molecule has 0 bridgehead atoms. The van der Waals surface area contributed by atoms with Gasteiger partial charge in [-0.05, 0) is 62.9 Å². The fraction of sp³-hybridized carbons (Fsp3) is 0.389. The highest BCUT2D eigenvalue weighted by Gasteiger charge is 2.28. The summed E-state index contributed by atoms with van der Waals surface area (Å²) in [6.07, 6.45) is 2.33. The van der Waals surface area contributed by atoms with Crippen molar-refractivity contribution >= 4 is 18.3 Å². The van der Waals surface area contributed by atoms with Gasteiger partial charge in [0.25, 0.3) is 5.91 Å². The van der Waals surface area contributed by atoms with Crippen molar-refractivity contribution in [3.05, 3.63) is 53.1 Å². The Balaban J connectivity index is 0.00000208. The molecule has 6 heteroatoms. The summed E-state index contributed by atoms with van der Waals surface area (Å²) in [5, 5.41) is 2.92. The third-order valence-electron chi connectivity index (χ3n) is 4.49. The number of nitrogens with zero attached hydrogens (tertiary/aromatic N) is 1. The van der Waals surface area contributed by atoms with Gasteiger partial charge in [0.2, 0.25) is 0 Å². The summed E-state index contributed by atoms with van der Waals surface area (Å²) < 4.78 is 15.1. The number of nitrogens with one attached hydrogen (secondary N) is 1. The number of aryl methyl sites for hydroxylation is 1. The number of benzene rings is 1. The number of rotatable bonds is 5. The minimum absolute atomic E-state index is 0. The molecule has 1 amide bonds. The number of carbonyl (C=O) groups excluding carboxylic acids is 1. The normalized spacial score (nSPS) is 14.8. The van der Waals surface area contributed by atoms with Gasteiger partial charge >= 0.3 is 0 Å². The van der Waals surface area contributed by atoms with Crippen molar-refractivity contribution in [1.29, 1.82) is 0 Å². The molecule has 0 spiro atoms. The molecule has 24 heavy (non-hydrogen) atoms. The average Bonchev–Trinajstić information content (AvgIpc) is 3.32. The molecule has 1 unspecified atom stereocenters. The lowest BCUT2D eigenvalue weighted by molar-refractivity contribution is 0.0949. The summed E-state index contributed by atoms with van der Waals surface area (Å²) in [6, 6.07) is 8.15. The van der Waals surface area contributed by atoms with Crippen LogP contribution in [0.15, 0.2) is 30.3 Å². The van der Waals surface area contributed by atoms with Crippen molar-refractivity contribution in [3.8, 4) is 5.69 Å². The Hall–Kier alpha value is -1.85. The highest BCUT2D eigenvalue weighted by atomic mass is 35.5. The van der Waals surface area contributed by atoms with Crippen molar-refractivity contribution < 1.29 is 9.18 Å². The zero-order chi connectivity index (χ0) is 16.6. The van der Waals surface area contributed by atoms with Crippen LogP contribution in [0, 0.1) is 25.6 Å². The number of aromatic nitrogens is 1. The highest BCUT2D eigenvalue weighted by molar-refractivity contribution is 5.96. The van der Waals surface area contributed by atoms with E-state index in [-0.39, 0.29) is 30.2 Å². The monoisotopic (exact) mass is 351 g/mol. The van der Waals surface area contributed by atoms with Crippen LogP contribution in [0.4, 0.5) is 4.39 Å². The van der Waals surface area contributed by atoms with Crippen LogP contribution in [0.5, 0.6) is 0 Å². The van der Waals surface area contributed by atoms with Crippen molar-refractivity contribution in [2.75, 3.05) is 6.54 Å². The van der Waals surface area contributed by atoms with Crippen molar-refractivity contribution in [2.24, 2.45) is 11.7 Å². The molecular formula is C18H23ClFN3O. The van der Waals surface area contributed by atoms with Crippen LogP contribution in [0.2, 0.25) is 0 Å². The summed E-state index contributed by atoms with van der Waals surface area (Å²) in [5.41, 5.74) is 9.28. The number of hydrogen-bond donors (Lipinski definition) is 2. The molecular weight excluding hydrogens is 329 g/mol. The molecule has 1 fully saturated rings. The van der Waals surface area contributed by atoms with Crippen LogP contribution >= 0.6 is 12.4 Å². The van der Waals surface area contributed by atoms with Gasteiger partial charge in [-0.2, -0.15) is 0 Å². The fourth-order valence-corrected chi connectivity index (χ4v) is 2.98. The van der Waals surface area contributed by atoms with E-state index in [0.717, 1.165) is 29.9 Å². The zero-order valence-corrected chi connectivity index (χ0v) is 14.7. The minimum atomic E-state index is -0.275. The van der Waals surface area contributed by atoms with E-state index in [1.54, 1.807) is 12.1 Å². The van der Waals surface area contributed by atoms with Gasteiger partial charge in [-0.25, -0.2) is 4.39 Å². The number of halogens is 2. The van der Waals surface area contributed by atoms with E-state index in [2.05, 4.69) is 5.32 Å². The van der Waals surface area contributed by atoms with E-state index in [1.807, 2.05) is 24.5 Å². The standard InChI is InChI=1S/C18H22FN3O.ClH/c1-11-9-16(18(23)21-10-17(20)13-3-4-13)12(2)22(11)15-7-5-14(19)6-8-15;/h5-9,13,17H,3-4,10,20H2,1-2H3,(H,21,23);1H. The lowest BCUT2D eigenvalue weighted by atomic mass is 10.2.